The fraction of sp³-hybridized carbons (Fsp3) is 0.500. The van der Waals surface area contributed by atoms with Crippen molar-refractivity contribution in [3.63, 3.8) is 0 Å². The zero-order chi connectivity index (χ0) is 16.2. The van der Waals surface area contributed by atoms with Crippen LogP contribution in [0.15, 0.2) is 27.4 Å². The lowest BCUT2D eigenvalue weighted by molar-refractivity contribution is -0.117. The Morgan fingerprint density at radius 1 is 1.43 bits per heavy atom. The number of carbonyl (C=O) groups excluding carboxylic acids is 1. The molecule has 0 saturated carbocycles. The first-order valence-corrected chi connectivity index (χ1v) is 8.78. The van der Waals surface area contributed by atoms with E-state index in [-0.39, 0.29) is 5.91 Å². The third kappa shape index (κ3) is 4.19. The number of hydrogen-bond donors (Lipinski definition) is 1. The van der Waals surface area contributed by atoms with Crippen LogP contribution in [-0.4, -0.2) is 53.6 Å². The van der Waals surface area contributed by atoms with E-state index in [1.54, 1.807) is 24.3 Å². The van der Waals surface area contributed by atoms with Gasteiger partial charge in [-0.05, 0) is 36.2 Å². The summed E-state index contributed by atoms with van der Waals surface area (Å²) in [5, 5.41) is 10.9. The lowest BCUT2D eigenvalue weighted by Crippen LogP contribution is -2.49. The lowest BCUT2D eigenvalue weighted by atomic mass is 10.1. The maximum Gasteiger partial charge on any atom is 0.239 e. The molecule has 2 aromatic heterocycles. The Kier molecular flexibility index (Phi) is 5.09. The second-order valence-corrected chi connectivity index (χ2v) is 6.70. The first-order chi connectivity index (χ1) is 11.1. The van der Waals surface area contributed by atoms with Crippen LogP contribution in [0.25, 0.3) is 0 Å². The summed E-state index contributed by atoms with van der Waals surface area (Å²) in [6.07, 6.45) is 0. The summed E-state index contributed by atoms with van der Waals surface area (Å²) in [6, 6.07) is 4.35. The Balaban J connectivity index is 1.44. The molecule has 7 heteroatoms. The van der Waals surface area contributed by atoms with Gasteiger partial charge in [-0.2, -0.15) is 11.3 Å². The molecule has 0 aromatic carbocycles. The molecule has 124 valence electrons. The molecular weight excluding hydrogens is 312 g/mol. The van der Waals surface area contributed by atoms with Crippen LogP contribution < -0.4 is 5.32 Å². The average molecular weight is 334 g/mol. The van der Waals surface area contributed by atoms with Gasteiger partial charge in [0.2, 0.25) is 5.91 Å². The molecule has 1 unspecified atom stereocenters. The number of aromatic nitrogens is 1. The van der Waals surface area contributed by atoms with Crippen molar-refractivity contribution in [1.29, 1.82) is 0 Å². The zero-order valence-corrected chi connectivity index (χ0v) is 14.3. The van der Waals surface area contributed by atoms with E-state index in [2.05, 4.69) is 44.0 Å². The average Bonchev–Trinajstić information content (AvgIpc) is 3.19. The van der Waals surface area contributed by atoms with Crippen molar-refractivity contribution < 1.29 is 9.32 Å². The summed E-state index contributed by atoms with van der Waals surface area (Å²) in [5.41, 5.74) is 1.38. The van der Waals surface area contributed by atoms with Crippen LogP contribution in [0.3, 0.4) is 0 Å². The van der Waals surface area contributed by atoms with Gasteiger partial charge in [-0.15, -0.1) is 0 Å². The van der Waals surface area contributed by atoms with Crippen molar-refractivity contribution in [3.8, 4) is 0 Å². The van der Waals surface area contributed by atoms with E-state index in [1.165, 1.54) is 5.56 Å². The number of thiophene rings is 1. The standard InChI is InChI=1S/C16H22N4O2S/c1-12-9-15(18-22-12)17-16(21)10-19-4-6-20(7-5-19)13(2)14-3-8-23-11-14/h3,8-9,11,13H,4-7,10H2,1-2H3,(H,17,18,21). The molecule has 2 aromatic rings. The fourth-order valence-electron chi connectivity index (χ4n) is 2.84. The number of nitrogens with one attached hydrogen (secondary N) is 1. The number of hydrogen-bond acceptors (Lipinski definition) is 6. The van der Waals surface area contributed by atoms with Crippen LogP contribution in [-0.2, 0) is 4.79 Å². The van der Waals surface area contributed by atoms with Crippen molar-refractivity contribution in [2.45, 2.75) is 19.9 Å². The SMILES string of the molecule is Cc1cc(NC(=O)CN2CCN(C(C)c3ccsc3)CC2)no1. The lowest BCUT2D eigenvalue weighted by Gasteiger charge is -2.37. The summed E-state index contributed by atoms with van der Waals surface area (Å²) in [5.74, 6) is 1.13. The van der Waals surface area contributed by atoms with Gasteiger partial charge in [0.1, 0.15) is 5.76 Å². The second kappa shape index (κ2) is 7.25. The third-order valence-corrected chi connectivity index (χ3v) is 4.94. The van der Waals surface area contributed by atoms with Crippen LogP contribution in [0.2, 0.25) is 0 Å². The summed E-state index contributed by atoms with van der Waals surface area (Å²) in [4.78, 5) is 16.7. The van der Waals surface area contributed by atoms with E-state index >= 15 is 0 Å². The van der Waals surface area contributed by atoms with Gasteiger partial charge in [-0.3, -0.25) is 14.6 Å². The Morgan fingerprint density at radius 3 is 2.83 bits per heavy atom. The smallest absolute Gasteiger partial charge is 0.239 e. The van der Waals surface area contributed by atoms with E-state index in [0.29, 0.717) is 24.2 Å². The summed E-state index contributed by atoms with van der Waals surface area (Å²) in [7, 11) is 0. The second-order valence-electron chi connectivity index (χ2n) is 5.92. The first kappa shape index (κ1) is 16.2. The van der Waals surface area contributed by atoms with E-state index in [4.69, 9.17) is 4.52 Å². The first-order valence-electron chi connectivity index (χ1n) is 7.83. The van der Waals surface area contributed by atoms with Crippen molar-refractivity contribution >= 4 is 23.1 Å². The van der Waals surface area contributed by atoms with Gasteiger partial charge in [-0.1, -0.05) is 5.16 Å². The van der Waals surface area contributed by atoms with Gasteiger partial charge < -0.3 is 9.84 Å². The Bertz CT molecular complexity index is 632. The fourth-order valence-corrected chi connectivity index (χ4v) is 3.59. The molecule has 1 aliphatic heterocycles. The van der Waals surface area contributed by atoms with Gasteiger partial charge in [0.15, 0.2) is 5.82 Å². The number of piperazine rings is 1. The molecule has 0 aliphatic carbocycles. The molecule has 1 fully saturated rings. The topological polar surface area (TPSA) is 61.6 Å². The van der Waals surface area contributed by atoms with Crippen LogP contribution in [0.1, 0.15) is 24.3 Å². The van der Waals surface area contributed by atoms with E-state index in [1.807, 2.05) is 0 Å². The van der Waals surface area contributed by atoms with Gasteiger partial charge in [0.05, 0.1) is 6.54 Å². The molecule has 3 rings (SSSR count). The molecule has 0 bridgehead atoms. The number of nitrogens with zero attached hydrogens (tertiary/aromatic N) is 3. The minimum atomic E-state index is -0.0439. The quantitative estimate of drug-likeness (QED) is 0.909. The van der Waals surface area contributed by atoms with Crippen molar-refractivity contribution in [2.75, 3.05) is 38.0 Å². The van der Waals surface area contributed by atoms with Gasteiger partial charge in [-0.25, -0.2) is 0 Å². The molecule has 3 heterocycles. The van der Waals surface area contributed by atoms with E-state index < -0.39 is 0 Å². The molecule has 0 spiro atoms. The van der Waals surface area contributed by atoms with Crippen LogP contribution in [0, 0.1) is 6.92 Å². The summed E-state index contributed by atoms with van der Waals surface area (Å²) >= 11 is 1.74. The Hall–Kier alpha value is -1.70. The third-order valence-electron chi connectivity index (χ3n) is 4.24. The van der Waals surface area contributed by atoms with Crippen molar-refractivity contribution in [2.24, 2.45) is 0 Å². The highest BCUT2D eigenvalue weighted by atomic mass is 32.1. The van der Waals surface area contributed by atoms with Crippen LogP contribution in [0.4, 0.5) is 5.82 Å². The maximum absolute atomic E-state index is 12.0. The largest absolute Gasteiger partial charge is 0.360 e. The number of anilines is 1. The molecule has 1 amide bonds. The van der Waals surface area contributed by atoms with E-state index in [9.17, 15) is 4.79 Å². The normalized spacial score (nSPS) is 18.0. The van der Waals surface area contributed by atoms with E-state index in [0.717, 1.165) is 26.2 Å². The summed E-state index contributed by atoms with van der Waals surface area (Å²) in [6.45, 7) is 8.21. The maximum atomic E-state index is 12.0. The summed E-state index contributed by atoms with van der Waals surface area (Å²) < 4.78 is 4.95. The van der Waals surface area contributed by atoms with Gasteiger partial charge in [0, 0.05) is 38.3 Å². The number of aryl methyl sites for hydroxylation is 1. The van der Waals surface area contributed by atoms with Crippen molar-refractivity contribution in [1.82, 2.24) is 15.0 Å². The highest BCUT2D eigenvalue weighted by Crippen LogP contribution is 2.23. The molecule has 0 radical (unpaired) electrons. The van der Waals surface area contributed by atoms with Crippen molar-refractivity contribution in [3.05, 3.63) is 34.2 Å². The highest BCUT2D eigenvalue weighted by molar-refractivity contribution is 7.07. The Morgan fingerprint density at radius 2 is 2.22 bits per heavy atom. The minimum absolute atomic E-state index is 0.0439. The number of amides is 1. The molecule has 1 N–H and O–H groups in total. The predicted molar refractivity (Wildman–Crippen MR) is 90.6 cm³/mol. The zero-order valence-electron chi connectivity index (χ0n) is 13.5. The minimum Gasteiger partial charge on any atom is -0.360 e. The number of rotatable bonds is 5. The number of carbonyl (C=O) groups is 1. The molecule has 1 atom stereocenters. The van der Waals surface area contributed by atoms with Gasteiger partial charge >= 0.3 is 0 Å². The highest BCUT2D eigenvalue weighted by Gasteiger charge is 2.23. The van der Waals surface area contributed by atoms with Gasteiger partial charge in [0.25, 0.3) is 0 Å². The molecule has 23 heavy (non-hydrogen) atoms. The van der Waals surface area contributed by atoms with Crippen LogP contribution >= 0.6 is 11.3 Å². The molecular formula is C16H22N4O2S. The molecule has 1 saturated heterocycles. The molecule has 1 aliphatic rings. The van der Waals surface area contributed by atoms with Crippen LogP contribution in [0.5, 0.6) is 0 Å². The molecule has 6 nitrogen and oxygen atoms in total. The monoisotopic (exact) mass is 334 g/mol. The predicted octanol–water partition coefficient (Wildman–Crippen LogP) is 2.36. The Labute approximate surface area is 140 Å².